The first-order valence-corrected chi connectivity index (χ1v) is 3.53. The van der Waals surface area contributed by atoms with E-state index < -0.39 is 7.80 Å². The predicted octanol–water partition coefficient (Wildman–Crippen LogP) is 1.68. The fourth-order valence-electron chi connectivity index (χ4n) is 0.182. The highest BCUT2D eigenvalue weighted by molar-refractivity contribution is 7.43. The molecule has 3 heteroatoms. The van der Waals surface area contributed by atoms with Crippen LogP contribution in [0.25, 0.3) is 0 Å². The van der Waals surface area contributed by atoms with E-state index in [9.17, 15) is 4.57 Å². The smallest absolute Gasteiger partial charge is 0.341 e. The first-order valence-electron chi connectivity index (χ1n) is 1.64. The molecule has 0 fully saturated rings. The van der Waals surface area contributed by atoms with Gasteiger partial charge in [0.05, 0.1) is 0 Å². The lowest BCUT2D eigenvalue weighted by molar-refractivity contribution is 0.252. The first kappa shape index (κ1) is 10.1. The van der Waals surface area contributed by atoms with Crippen LogP contribution in [-0.4, -0.2) is 20.1 Å². The third-order valence-electron chi connectivity index (χ3n) is 0.311. The van der Waals surface area contributed by atoms with Gasteiger partial charge in [-0.05, 0) is 0 Å². The number of hydrogen-bond acceptors (Lipinski definition) is 2. The zero-order chi connectivity index (χ0) is 4.99. The largest absolute Gasteiger partial charge is 0.363 e. The lowest BCUT2D eigenvalue weighted by Gasteiger charge is -1.74. The van der Waals surface area contributed by atoms with Crippen LogP contribution < -0.4 is 0 Å². The maximum Gasteiger partial charge on any atom is 0.363 e. The van der Waals surface area contributed by atoms with Crippen LogP contribution in [0.2, 0.25) is 0 Å². The number of ether oxygens (including phenoxy) is 1. The zero-order valence-electron chi connectivity index (χ0n) is 3.97. The van der Waals surface area contributed by atoms with Crippen LogP contribution in [0.3, 0.4) is 0 Å². The summed E-state index contributed by atoms with van der Waals surface area (Å²) in [4.78, 5) is 0. The molecule has 0 bridgehead atoms. The molecule has 0 aliphatic rings. The summed E-state index contributed by atoms with van der Waals surface area (Å²) >= 11 is 0. The highest BCUT2D eigenvalue weighted by atomic mass is 31.1. The van der Waals surface area contributed by atoms with Gasteiger partial charge in [0.25, 0.3) is 0 Å². The van der Waals surface area contributed by atoms with Crippen LogP contribution in [0, 0.1) is 0 Å². The highest BCUT2D eigenvalue weighted by Gasteiger charge is 1.99. The molecule has 1 atom stereocenters. The molecule has 0 N–H and O–H groups in total. The zero-order valence-corrected chi connectivity index (χ0v) is 4.87. The van der Waals surface area contributed by atoms with E-state index in [0.717, 1.165) is 0 Å². The lowest BCUT2D eigenvalue weighted by Crippen LogP contribution is -1.76. The summed E-state index contributed by atoms with van der Waals surface area (Å²) in [5.74, 6) is 0. The Kier molecular flexibility index (Phi) is 8.77. The minimum atomic E-state index is -1.07. The van der Waals surface area contributed by atoms with Crippen molar-refractivity contribution in [3.05, 3.63) is 0 Å². The molecule has 0 spiro atoms. The van der Waals surface area contributed by atoms with E-state index in [2.05, 4.69) is 4.74 Å². The molecule has 0 saturated heterocycles. The lowest BCUT2D eigenvalue weighted by atomic mass is 11.5. The molecular formula is C4H12O2P+. The second kappa shape index (κ2) is 6.06. The summed E-state index contributed by atoms with van der Waals surface area (Å²) in [6.07, 6.45) is 0.384. The van der Waals surface area contributed by atoms with Crippen LogP contribution in [-0.2, 0) is 9.30 Å². The molecule has 0 aliphatic heterocycles. The van der Waals surface area contributed by atoms with Crippen molar-refractivity contribution in [3.63, 3.8) is 0 Å². The molecule has 0 amide bonds. The summed E-state index contributed by atoms with van der Waals surface area (Å²) in [6, 6.07) is 0. The maximum atomic E-state index is 10.1. The van der Waals surface area contributed by atoms with Crippen LogP contribution in [0.15, 0.2) is 0 Å². The SMILES string of the molecule is C.COC[P+](C)=O. The van der Waals surface area contributed by atoms with Crippen LogP contribution in [0.4, 0.5) is 0 Å². The van der Waals surface area contributed by atoms with Gasteiger partial charge in [0.2, 0.25) is 6.35 Å². The molecule has 0 aromatic heterocycles. The molecule has 1 unspecified atom stereocenters. The molecule has 0 radical (unpaired) electrons. The fourth-order valence-corrected chi connectivity index (χ4v) is 0.545. The second-order valence-electron chi connectivity index (χ2n) is 1.05. The number of rotatable bonds is 2. The Morgan fingerprint density at radius 1 is 1.71 bits per heavy atom. The fraction of sp³-hybridized carbons (Fsp3) is 1.00. The highest BCUT2D eigenvalue weighted by Crippen LogP contribution is 2.10. The van der Waals surface area contributed by atoms with Gasteiger partial charge in [0, 0.05) is 7.11 Å². The average Bonchev–Trinajstić information content (AvgIpc) is 1.35. The molecule has 0 aliphatic carbocycles. The van der Waals surface area contributed by atoms with E-state index in [-0.39, 0.29) is 7.43 Å². The van der Waals surface area contributed by atoms with Gasteiger partial charge in [-0.3, -0.25) is 0 Å². The summed E-state index contributed by atoms with van der Waals surface area (Å²) < 4.78 is 14.6. The number of methoxy groups -OCH3 is 1. The molecule has 2 nitrogen and oxygen atoms in total. The molecule has 0 saturated carbocycles. The van der Waals surface area contributed by atoms with E-state index >= 15 is 0 Å². The molecule has 0 rings (SSSR count). The quantitative estimate of drug-likeness (QED) is 0.522. The Labute approximate surface area is 45.7 Å². The second-order valence-corrected chi connectivity index (χ2v) is 2.56. The minimum Gasteiger partial charge on any atom is -0.341 e. The van der Waals surface area contributed by atoms with Crippen molar-refractivity contribution in [2.45, 2.75) is 7.43 Å². The van der Waals surface area contributed by atoms with Crippen molar-refractivity contribution < 1.29 is 9.30 Å². The van der Waals surface area contributed by atoms with E-state index in [1.165, 1.54) is 7.11 Å². The Morgan fingerprint density at radius 2 is 2.14 bits per heavy atom. The van der Waals surface area contributed by atoms with Crippen molar-refractivity contribution in [2.75, 3.05) is 20.1 Å². The van der Waals surface area contributed by atoms with E-state index in [0.29, 0.717) is 6.35 Å². The standard InChI is InChI=1S/C3H8O2P.CH4/c1-5-3-6(2)4;/h3H2,1-2H3;1H4/q+1;. The van der Waals surface area contributed by atoms with Gasteiger partial charge in [-0.25, -0.2) is 0 Å². The number of hydrogen-bond donors (Lipinski definition) is 0. The maximum absolute atomic E-state index is 10.1. The van der Waals surface area contributed by atoms with E-state index in [1.54, 1.807) is 6.66 Å². The Hall–Kier alpha value is 0.0600. The van der Waals surface area contributed by atoms with Gasteiger partial charge >= 0.3 is 7.80 Å². The predicted molar refractivity (Wildman–Crippen MR) is 32.1 cm³/mol. The topological polar surface area (TPSA) is 26.3 Å². The average molecular weight is 123 g/mol. The molecule has 0 aromatic rings. The van der Waals surface area contributed by atoms with Crippen molar-refractivity contribution in [1.82, 2.24) is 0 Å². The van der Waals surface area contributed by atoms with E-state index in [4.69, 9.17) is 0 Å². The van der Waals surface area contributed by atoms with Crippen LogP contribution >= 0.6 is 7.80 Å². The Bertz CT molecular complexity index is 53.7. The van der Waals surface area contributed by atoms with Gasteiger partial charge < -0.3 is 4.74 Å². The monoisotopic (exact) mass is 123 g/mol. The molecule has 7 heavy (non-hydrogen) atoms. The van der Waals surface area contributed by atoms with Gasteiger partial charge in [-0.1, -0.05) is 12.0 Å². The molecule has 0 heterocycles. The van der Waals surface area contributed by atoms with Gasteiger partial charge in [-0.2, -0.15) is 0 Å². The van der Waals surface area contributed by atoms with Gasteiger partial charge in [0.1, 0.15) is 6.66 Å². The van der Waals surface area contributed by atoms with Gasteiger partial charge in [-0.15, -0.1) is 0 Å². The Balaban J connectivity index is 0. The summed E-state index contributed by atoms with van der Waals surface area (Å²) in [5.41, 5.74) is 0. The minimum absolute atomic E-state index is 0. The molecule has 44 valence electrons. The summed E-state index contributed by atoms with van der Waals surface area (Å²) in [5, 5.41) is 0. The molecular weight excluding hydrogens is 111 g/mol. The third-order valence-corrected chi connectivity index (χ3v) is 0.933. The van der Waals surface area contributed by atoms with Crippen LogP contribution in [0.5, 0.6) is 0 Å². The summed E-state index contributed by atoms with van der Waals surface area (Å²) in [7, 11) is 0.466. The summed E-state index contributed by atoms with van der Waals surface area (Å²) in [6.45, 7) is 1.64. The van der Waals surface area contributed by atoms with Crippen LogP contribution in [0.1, 0.15) is 7.43 Å². The van der Waals surface area contributed by atoms with Crippen molar-refractivity contribution >= 4 is 7.80 Å². The van der Waals surface area contributed by atoms with Crippen molar-refractivity contribution in [1.29, 1.82) is 0 Å². The van der Waals surface area contributed by atoms with E-state index in [1.807, 2.05) is 0 Å². The molecule has 0 aromatic carbocycles. The first-order chi connectivity index (χ1) is 2.77. The third kappa shape index (κ3) is 10.7. The van der Waals surface area contributed by atoms with Crippen molar-refractivity contribution in [2.24, 2.45) is 0 Å². The van der Waals surface area contributed by atoms with Crippen molar-refractivity contribution in [3.8, 4) is 0 Å². The Morgan fingerprint density at radius 3 is 2.14 bits per heavy atom. The van der Waals surface area contributed by atoms with Gasteiger partial charge in [0.15, 0.2) is 0 Å². The normalized spacial score (nSPS) is 9.71.